The van der Waals surface area contributed by atoms with Gasteiger partial charge in [0.1, 0.15) is 0 Å². The lowest BCUT2D eigenvalue weighted by atomic mass is 9.75. The van der Waals surface area contributed by atoms with Crippen molar-refractivity contribution in [2.24, 2.45) is 0 Å². The van der Waals surface area contributed by atoms with Crippen molar-refractivity contribution in [3.05, 3.63) is 136 Å². The molecule has 2 heteroatoms. The van der Waals surface area contributed by atoms with E-state index in [0.29, 0.717) is 5.57 Å². The van der Waals surface area contributed by atoms with Crippen LogP contribution >= 0.6 is 0 Å². The lowest BCUT2D eigenvalue weighted by molar-refractivity contribution is -0.133. The van der Waals surface area contributed by atoms with Crippen LogP contribution in [0.25, 0.3) is 18.2 Å². The summed E-state index contributed by atoms with van der Waals surface area (Å²) in [4.78, 5) is 12.9. The third-order valence-electron chi connectivity index (χ3n) is 6.92. The highest BCUT2D eigenvalue weighted by Gasteiger charge is 2.37. The third kappa shape index (κ3) is 2.84. The number of fused-ring (bicyclic) bond motifs is 3. The van der Waals surface area contributed by atoms with Crippen molar-refractivity contribution in [3.63, 3.8) is 0 Å². The molecule has 0 saturated heterocycles. The first-order valence-corrected chi connectivity index (χ1v) is 11.0. The normalized spacial score (nSPS) is 21.3. The van der Waals surface area contributed by atoms with Gasteiger partial charge >= 0.3 is 5.97 Å². The van der Waals surface area contributed by atoms with E-state index < -0.39 is 5.97 Å². The van der Waals surface area contributed by atoms with Crippen LogP contribution in [0.2, 0.25) is 0 Å². The Morgan fingerprint density at radius 2 is 0.938 bits per heavy atom. The Kier molecular flexibility index (Phi) is 4.32. The minimum atomic E-state index is -0.845. The fraction of sp³-hybridized carbons (Fsp3) is 0.100. The quantitative estimate of drug-likeness (QED) is 0.477. The Hall–Kier alpha value is -3.91. The van der Waals surface area contributed by atoms with Gasteiger partial charge in [-0.1, -0.05) is 109 Å². The molecule has 32 heavy (non-hydrogen) atoms. The second-order valence-electron chi connectivity index (χ2n) is 8.57. The molecule has 0 aliphatic heterocycles. The molecule has 6 rings (SSSR count). The number of rotatable bonds is 4. The van der Waals surface area contributed by atoms with Gasteiger partial charge in [-0.15, -0.1) is 0 Å². The topological polar surface area (TPSA) is 37.3 Å². The lowest BCUT2D eigenvalue weighted by Crippen LogP contribution is -2.18. The molecular formula is C30H22O2. The van der Waals surface area contributed by atoms with Crippen LogP contribution < -0.4 is 0 Å². The fourth-order valence-corrected chi connectivity index (χ4v) is 5.51. The largest absolute Gasteiger partial charge is 0.478 e. The van der Waals surface area contributed by atoms with Crippen LogP contribution in [0.4, 0.5) is 0 Å². The highest BCUT2D eigenvalue weighted by atomic mass is 16.4. The first-order chi connectivity index (χ1) is 15.7. The standard InChI is InChI=1S/C30H22O2/c31-30(32)29(27-18-15-21-9-3-6-12-24(21)27)28(25-16-13-19-7-1-4-10-22(19)25)26-17-14-20-8-2-5-11-23(20)26/h1-18,25-27H,(H,31,32). The van der Waals surface area contributed by atoms with Gasteiger partial charge in [-0.2, -0.15) is 0 Å². The highest BCUT2D eigenvalue weighted by Crippen LogP contribution is 2.50. The first-order valence-electron chi connectivity index (χ1n) is 11.0. The predicted molar refractivity (Wildman–Crippen MR) is 129 cm³/mol. The summed E-state index contributed by atoms with van der Waals surface area (Å²) < 4.78 is 0. The molecule has 0 spiro atoms. The fourth-order valence-electron chi connectivity index (χ4n) is 5.51. The van der Waals surface area contributed by atoms with Crippen LogP contribution in [0.1, 0.15) is 51.1 Å². The molecule has 2 nitrogen and oxygen atoms in total. The average Bonchev–Trinajstić information content (AvgIpc) is 3.54. The summed E-state index contributed by atoms with van der Waals surface area (Å²) in [5, 5.41) is 10.6. The van der Waals surface area contributed by atoms with E-state index in [9.17, 15) is 9.90 Å². The summed E-state index contributed by atoms with van der Waals surface area (Å²) in [7, 11) is 0. The molecule has 3 atom stereocenters. The van der Waals surface area contributed by atoms with Gasteiger partial charge in [0.2, 0.25) is 0 Å². The van der Waals surface area contributed by atoms with Gasteiger partial charge in [-0.3, -0.25) is 0 Å². The van der Waals surface area contributed by atoms with Crippen molar-refractivity contribution in [2.45, 2.75) is 17.8 Å². The Balaban J connectivity index is 1.61. The number of carboxylic acid groups (broad SMARTS) is 1. The van der Waals surface area contributed by atoms with E-state index in [1.807, 2.05) is 42.5 Å². The number of allylic oxidation sites excluding steroid dienone is 4. The molecule has 0 fully saturated rings. The van der Waals surface area contributed by atoms with Gasteiger partial charge in [-0.25, -0.2) is 4.79 Å². The molecule has 0 saturated carbocycles. The van der Waals surface area contributed by atoms with Crippen molar-refractivity contribution < 1.29 is 9.90 Å². The summed E-state index contributed by atoms with van der Waals surface area (Å²) in [6.07, 6.45) is 12.7. The van der Waals surface area contributed by atoms with Gasteiger partial charge in [0.25, 0.3) is 0 Å². The lowest BCUT2D eigenvalue weighted by Gasteiger charge is -2.27. The van der Waals surface area contributed by atoms with Crippen molar-refractivity contribution in [2.75, 3.05) is 0 Å². The Morgan fingerprint density at radius 1 is 0.562 bits per heavy atom. The van der Waals surface area contributed by atoms with Crippen LogP contribution in [0, 0.1) is 0 Å². The minimum Gasteiger partial charge on any atom is -0.478 e. The van der Waals surface area contributed by atoms with Gasteiger partial charge < -0.3 is 5.11 Å². The minimum absolute atomic E-state index is 0.0701. The van der Waals surface area contributed by atoms with Crippen LogP contribution in [-0.2, 0) is 4.79 Å². The van der Waals surface area contributed by atoms with Crippen molar-refractivity contribution in [1.82, 2.24) is 0 Å². The van der Waals surface area contributed by atoms with E-state index in [1.165, 1.54) is 11.1 Å². The summed E-state index contributed by atoms with van der Waals surface area (Å²) in [5.41, 5.74) is 8.29. The molecule has 3 aromatic rings. The second-order valence-corrected chi connectivity index (χ2v) is 8.57. The zero-order valence-electron chi connectivity index (χ0n) is 17.5. The van der Waals surface area contributed by atoms with E-state index in [-0.39, 0.29) is 17.8 Å². The summed E-state index contributed by atoms with van der Waals surface area (Å²) in [6.45, 7) is 0. The number of carbonyl (C=O) groups is 1. The van der Waals surface area contributed by atoms with Crippen LogP contribution in [0.3, 0.4) is 0 Å². The number of aliphatic carboxylic acids is 1. The monoisotopic (exact) mass is 414 g/mol. The molecule has 3 aliphatic rings. The maximum atomic E-state index is 12.9. The Bertz CT molecular complexity index is 1310. The molecule has 0 aromatic heterocycles. The number of carboxylic acids is 1. The molecule has 0 radical (unpaired) electrons. The number of hydrogen-bond acceptors (Lipinski definition) is 1. The molecule has 3 aliphatic carbocycles. The SMILES string of the molecule is O=C(O)C(=C(C1C=Cc2ccccc21)C1C=Cc2ccccc21)C1C=Cc2ccccc21. The van der Waals surface area contributed by atoms with Crippen molar-refractivity contribution in [3.8, 4) is 0 Å². The van der Waals surface area contributed by atoms with E-state index in [2.05, 4.69) is 66.8 Å². The maximum absolute atomic E-state index is 12.9. The van der Waals surface area contributed by atoms with Crippen molar-refractivity contribution in [1.29, 1.82) is 0 Å². The van der Waals surface area contributed by atoms with Crippen LogP contribution in [0.5, 0.6) is 0 Å². The zero-order chi connectivity index (χ0) is 21.7. The molecule has 0 bridgehead atoms. The average molecular weight is 415 g/mol. The third-order valence-corrected chi connectivity index (χ3v) is 6.92. The van der Waals surface area contributed by atoms with Crippen LogP contribution in [-0.4, -0.2) is 11.1 Å². The van der Waals surface area contributed by atoms with Gasteiger partial charge in [0.05, 0.1) is 0 Å². The first kappa shape index (κ1) is 18.8. The van der Waals surface area contributed by atoms with Gasteiger partial charge in [0, 0.05) is 23.3 Å². The summed E-state index contributed by atoms with van der Waals surface area (Å²) in [5.74, 6) is -1.25. The summed E-state index contributed by atoms with van der Waals surface area (Å²) in [6, 6.07) is 24.7. The van der Waals surface area contributed by atoms with E-state index >= 15 is 0 Å². The molecule has 0 amide bonds. The van der Waals surface area contributed by atoms with E-state index in [0.717, 1.165) is 27.8 Å². The molecule has 1 N–H and O–H groups in total. The highest BCUT2D eigenvalue weighted by molar-refractivity contribution is 5.93. The molecule has 3 aromatic carbocycles. The van der Waals surface area contributed by atoms with Crippen LogP contribution in [0.15, 0.2) is 102 Å². The Morgan fingerprint density at radius 3 is 1.38 bits per heavy atom. The molecule has 154 valence electrons. The summed E-state index contributed by atoms with van der Waals surface area (Å²) >= 11 is 0. The second kappa shape index (κ2) is 7.35. The molecular weight excluding hydrogens is 392 g/mol. The van der Waals surface area contributed by atoms with E-state index in [1.54, 1.807) is 0 Å². The van der Waals surface area contributed by atoms with Crippen molar-refractivity contribution >= 4 is 24.2 Å². The smallest absolute Gasteiger partial charge is 0.332 e. The van der Waals surface area contributed by atoms with E-state index in [4.69, 9.17) is 0 Å². The molecule has 0 heterocycles. The number of benzene rings is 3. The Labute approximate surface area is 187 Å². The zero-order valence-corrected chi connectivity index (χ0v) is 17.5. The van der Waals surface area contributed by atoms with Gasteiger partial charge in [-0.05, 0) is 39.0 Å². The molecule has 3 unspecified atom stereocenters. The number of hydrogen-bond donors (Lipinski definition) is 1. The maximum Gasteiger partial charge on any atom is 0.332 e. The predicted octanol–water partition coefficient (Wildman–Crippen LogP) is 6.80. The van der Waals surface area contributed by atoms with Gasteiger partial charge in [0.15, 0.2) is 0 Å².